The van der Waals surface area contributed by atoms with E-state index in [-0.39, 0.29) is 17.9 Å². The van der Waals surface area contributed by atoms with Gasteiger partial charge in [-0.3, -0.25) is 9.59 Å². The molecule has 0 atom stereocenters. The van der Waals surface area contributed by atoms with Gasteiger partial charge in [0.25, 0.3) is 5.91 Å². The summed E-state index contributed by atoms with van der Waals surface area (Å²) in [4.78, 5) is 26.1. The van der Waals surface area contributed by atoms with E-state index < -0.39 is 0 Å². The maximum atomic E-state index is 12.4. The standard InChI is InChI=1S/C17H24N2O4/c1-22-12-9-16(20)19-10-7-13(8-11-19)18-17(21)14-5-3-4-6-15(14)23-2/h3-6,13H,7-12H2,1-2H3,(H,18,21). The minimum absolute atomic E-state index is 0.0823. The lowest BCUT2D eigenvalue weighted by Gasteiger charge is -2.32. The molecule has 1 aliphatic rings. The van der Waals surface area contributed by atoms with Crippen LogP contribution in [0.1, 0.15) is 29.6 Å². The maximum absolute atomic E-state index is 12.4. The van der Waals surface area contributed by atoms with Crippen molar-refractivity contribution in [1.29, 1.82) is 0 Å². The lowest BCUT2D eigenvalue weighted by molar-refractivity contribution is -0.133. The highest BCUT2D eigenvalue weighted by atomic mass is 16.5. The number of methoxy groups -OCH3 is 2. The van der Waals surface area contributed by atoms with Crippen molar-refractivity contribution >= 4 is 11.8 Å². The van der Waals surface area contributed by atoms with E-state index in [1.807, 2.05) is 17.0 Å². The Hall–Kier alpha value is -2.08. The number of likely N-dealkylation sites (tertiary alicyclic amines) is 1. The lowest BCUT2D eigenvalue weighted by Crippen LogP contribution is -2.46. The van der Waals surface area contributed by atoms with E-state index >= 15 is 0 Å². The molecule has 0 spiro atoms. The van der Waals surface area contributed by atoms with Crippen molar-refractivity contribution in [2.24, 2.45) is 0 Å². The van der Waals surface area contributed by atoms with Crippen LogP contribution >= 0.6 is 0 Å². The number of ether oxygens (including phenoxy) is 2. The van der Waals surface area contributed by atoms with Gasteiger partial charge in [-0.05, 0) is 25.0 Å². The number of hydrogen-bond donors (Lipinski definition) is 1. The zero-order chi connectivity index (χ0) is 16.7. The van der Waals surface area contributed by atoms with Gasteiger partial charge in [-0.15, -0.1) is 0 Å². The largest absolute Gasteiger partial charge is 0.496 e. The number of rotatable bonds is 6. The summed E-state index contributed by atoms with van der Waals surface area (Å²) in [5.74, 6) is 0.546. The highest BCUT2D eigenvalue weighted by Gasteiger charge is 2.24. The van der Waals surface area contributed by atoms with E-state index in [2.05, 4.69) is 5.32 Å². The second-order valence-corrected chi connectivity index (χ2v) is 5.57. The number of hydrogen-bond acceptors (Lipinski definition) is 4. The first-order valence-corrected chi connectivity index (χ1v) is 7.86. The Labute approximate surface area is 136 Å². The summed E-state index contributed by atoms with van der Waals surface area (Å²) in [6.45, 7) is 1.78. The second-order valence-electron chi connectivity index (χ2n) is 5.57. The number of amides is 2. The van der Waals surface area contributed by atoms with E-state index in [9.17, 15) is 9.59 Å². The predicted molar refractivity (Wildman–Crippen MR) is 86.6 cm³/mol. The van der Waals surface area contributed by atoms with Crippen molar-refractivity contribution in [3.05, 3.63) is 29.8 Å². The molecule has 23 heavy (non-hydrogen) atoms. The van der Waals surface area contributed by atoms with Gasteiger partial charge in [-0.1, -0.05) is 12.1 Å². The Bertz CT molecular complexity index is 539. The van der Waals surface area contributed by atoms with Crippen molar-refractivity contribution in [2.75, 3.05) is 33.9 Å². The number of para-hydroxylation sites is 1. The van der Waals surface area contributed by atoms with Gasteiger partial charge < -0.3 is 19.7 Å². The lowest BCUT2D eigenvalue weighted by atomic mass is 10.0. The molecule has 2 amide bonds. The molecule has 0 radical (unpaired) electrons. The van der Waals surface area contributed by atoms with Gasteiger partial charge in [0.1, 0.15) is 5.75 Å². The van der Waals surface area contributed by atoms with E-state index in [0.29, 0.717) is 37.4 Å². The van der Waals surface area contributed by atoms with Crippen LogP contribution in [0, 0.1) is 0 Å². The van der Waals surface area contributed by atoms with E-state index in [4.69, 9.17) is 9.47 Å². The van der Waals surface area contributed by atoms with Crippen molar-refractivity contribution in [3.8, 4) is 5.75 Å². The van der Waals surface area contributed by atoms with Crippen LogP contribution < -0.4 is 10.1 Å². The molecule has 126 valence electrons. The van der Waals surface area contributed by atoms with Crippen LogP contribution in [0.5, 0.6) is 5.75 Å². The number of nitrogens with one attached hydrogen (secondary N) is 1. The zero-order valence-electron chi connectivity index (χ0n) is 13.7. The summed E-state index contributed by atoms with van der Waals surface area (Å²) in [6.07, 6.45) is 1.94. The molecule has 1 aliphatic heterocycles. The third-order valence-corrected chi connectivity index (χ3v) is 4.05. The fraction of sp³-hybridized carbons (Fsp3) is 0.529. The highest BCUT2D eigenvalue weighted by molar-refractivity contribution is 5.97. The van der Waals surface area contributed by atoms with E-state index in [1.54, 1.807) is 26.4 Å². The number of piperidine rings is 1. The molecule has 6 nitrogen and oxygen atoms in total. The summed E-state index contributed by atoms with van der Waals surface area (Å²) in [7, 11) is 3.14. The average Bonchev–Trinajstić information content (AvgIpc) is 2.60. The minimum atomic E-state index is -0.133. The van der Waals surface area contributed by atoms with Gasteiger partial charge in [0.15, 0.2) is 0 Å². The fourth-order valence-electron chi connectivity index (χ4n) is 2.72. The van der Waals surface area contributed by atoms with Gasteiger partial charge in [0.05, 0.1) is 25.7 Å². The third-order valence-electron chi connectivity index (χ3n) is 4.05. The molecule has 1 N–H and O–H groups in total. The summed E-state index contributed by atoms with van der Waals surface area (Å²) in [6, 6.07) is 7.25. The van der Waals surface area contributed by atoms with Crippen molar-refractivity contribution in [3.63, 3.8) is 0 Å². The topological polar surface area (TPSA) is 67.9 Å². The van der Waals surface area contributed by atoms with E-state index in [1.165, 1.54) is 0 Å². The first-order valence-electron chi connectivity index (χ1n) is 7.86. The SMILES string of the molecule is COCCC(=O)N1CCC(NC(=O)c2ccccc2OC)CC1. The highest BCUT2D eigenvalue weighted by Crippen LogP contribution is 2.18. The summed E-state index contributed by atoms with van der Waals surface area (Å²) >= 11 is 0. The molecule has 1 aromatic rings. The minimum Gasteiger partial charge on any atom is -0.496 e. The molecule has 1 aromatic carbocycles. The number of carbonyl (C=O) groups is 2. The predicted octanol–water partition coefficient (Wildman–Crippen LogP) is 1.45. The molecule has 0 saturated carbocycles. The van der Waals surface area contributed by atoms with Crippen LogP contribution in [0.3, 0.4) is 0 Å². The average molecular weight is 320 g/mol. The van der Waals surface area contributed by atoms with Crippen molar-refractivity contribution < 1.29 is 19.1 Å². The van der Waals surface area contributed by atoms with Crippen LogP contribution in [0.15, 0.2) is 24.3 Å². The fourth-order valence-corrected chi connectivity index (χ4v) is 2.72. The Morgan fingerprint density at radius 2 is 1.91 bits per heavy atom. The van der Waals surface area contributed by atoms with Gasteiger partial charge in [0.2, 0.25) is 5.91 Å². The Balaban J connectivity index is 1.84. The molecular weight excluding hydrogens is 296 g/mol. The van der Waals surface area contributed by atoms with Crippen molar-refractivity contribution in [1.82, 2.24) is 10.2 Å². The number of nitrogens with zero attached hydrogens (tertiary/aromatic N) is 1. The molecule has 1 heterocycles. The van der Waals surface area contributed by atoms with Crippen LogP contribution in [-0.4, -0.2) is 56.7 Å². The Morgan fingerprint density at radius 3 is 2.57 bits per heavy atom. The molecule has 0 unspecified atom stereocenters. The first kappa shape index (κ1) is 17.3. The molecule has 1 saturated heterocycles. The van der Waals surface area contributed by atoms with Crippen LogP contribution in [0.4, 0.5) is 0 Å². The summed E-state index contributed by atoms with van der Waals surface area (Å²) < 4.78 is 10.1. The molecule has 1 fully saturated rings. The van der Waals surface area contributed by atoms with Crippen LogP contribution in [0.25, 0.3) is 0 Å². The molecule has 0 aromatic heterocycles. The second kappa shape index (κ2) is 8.53. The molecule has 2 rings (SSSR count). The third kappa shape index (κ3) is 4.69. The van der Waals surface area contributed by atoms with Crippen molar-refractivity contribution in [2.45, 2.75) is 25.3 Å². The molecular formula is C17H24N2O4. The van der Waals surface area contributed by atoms with Gasteiger partial charge in [-0.25, -0.2) is 0 Å². The number of carbonyl (C=O) groups excluding carboxylic acids is 2. The Kier molecular flexibility index (Phi) is 6.40. The maximum Gasteiger partial charge on any atom is 0.255 e. The van der Waals surface area contributed by atoms with Gasteiger partial charge >= 0.3 is 0 Å². The van der Waals surface area contributed by atoms with Gasteiger partial charge in [0, 0.05) is 26.2 Å². The Morgan fingerprint density at radius 1 is 1.22 bits per heavy atom. The zero-order valence-corrected chi connectivity index (χ0v) is 13.7. The van der Waals surface area contributed by atoms with Crippen LogP contribution in [0.2, 0.25) is 0 Å². The quantitative estimate of drug-likeness (QED) is 0.861. The smallest absolute Gasteiger partial charge is 0.255 e. The first-order chi connectivity index (χ1) is 11.2. The summed E-state index contributed by atoms with van der Waals surface area (Å²) in [5.41, 5.74) is 0.536. The van der Waals surface area contributed by atoms with E-state index in [0.717, 1.165) is 12.8 Å². The van der Waals surface area contributed by atoms with Crippen LogP contribution in [-0.2, 0) is 9.53 Å². The molecule has 0 bridgehead atoms. The normalized spacial score (nSPS) is 15.3. The monoisotopic (exact) mass is 320 g/mol. The molecule has 6 heteroatoms. The summed E-state index contributed by atoms with van der Waals surface area (Å²) in [5, 5.41) is 3.03. The number of benzene rings is 1. The molecule has 0 aliphatic carbocycles. The van der Waals surface area contributed by atoms with Gasteiger partial charge in [-0.2, -0.15) is 0 Å².